The summed E-state index contributed by atoms with van der Waals surface area (Å²) in [5.41, 5.74) is -0.107. The molecule has 0 aliphatic heterocycles. The smallest absolute Gasteiger partial charge is 0.312 e. The van der Waals surface area contributed by atoms with Gasteiger partial charge in [-0.25, -0.2) is 0 Å². The molecule has 0 amide bonds. The zero-order valence-corrected chi connectivity index (χ0v) is 11.9. The van der Waals surface area contributed by atoms with Crippen molar-refractivity contribution in [3.63, 3.8) is 0 Å². The summed E-state index contributed by atoms with van der Waals surface area (Å²) in [4.78, 5) is 10.4. The van der Waals surface area contributed by atoms with Crippen molar-refractivity contribution in [3.8, 4) is 5.75 Å². The number of hydrogen-bond acceptors (Lipinski definition) is 4. The van der Waals surface area contributed by atoms with E-state index in [0.29, 0.717) is 18.3 Å². The topological polar surface area (TPSA) is 52.4 Å². The molecular formula is C12H16ClNO3S. The van der Waals surface area contributed by atoms with Crippen LogP contribution in [-0.4, -0.2) is 17.3 Å². The molecule has 0 bridgehead atoms. The zero-order valence-electron chi connectivity index (χ0n) is 10.3. The summed E-state index contributed by atoms with van der Waals surface area (Å²) in [6, 6.07) is 4.49. The van der Waals surface area contributed by atoms with Gasteiger partial charge in [-0.1, -0.05) is 31.5 Å². The van der Waals surface area contributed by atoms with Crippen molar-refractivity contribution < 1.29 is 9.66 Å². The molecule has 0 heterocycles. The monoisotopic (exact) mass is 289 g/mol. The summed E-state index contributed by atoms with van der Waals surface area (Å²) in [7, 11) is 0. The summed E-state index contributed by atoms with van der Waals surface area (Å²) in [6.45, 7) is 4.49. The number of halogens is 1. The SMILES string of the molecule is CC(C)C(CS)COc1c(Cl)cccc1[N+](=O)[O-]. The quantitative estimate of drug-likeness (QED) is 0.492. The normalized spacial score (nSPS) is 12.5. The molecule has 0 saturated carbocycles. The van der Waals surface area contributed by atoms with E-state index >= 15 is 0 Å². The third-order valence-corrected chi connectivity index (χ3v) is 3.53. The Bertz CT molecular complexity index is 426. The first-order valence-electron chi connectivity index (χ1n) is 5.64. The van der Waals surface area contributed by atoms with Gasteiger partial charge in [0, 0.05) is 12.0 Å². The Morgan fingerprint density at radius 1 is 1.50 bits per heavy atom. The highest BCUT2D eigenvalue weighted by Gasteiger charge is 2.20. The molecule has 6 heteroatoms. The summed E-state index contributed by atoms with van der Waals surface area (Å²) >= 11 is 10.2. The summed E-state index contributed by atoms with van der Waals surface area (Å²) < 4.78 is 5.52. The first-order valence-corrected chi connectivity index (χ1v) is 6.65. The van der Waals surface area contributed by atoms with Gasteiger partial charge in [-0.2, -0.15) is 12.6 Å². The molecule has 0 saturated heterocycles. The fourth-order valence-corrected chi connectivity index (χ4v) is 2.18. The molecule has 18 heavy (non-hydrogen) atoms. The minimum Gasteiger partial charge on any atom is -0.485 e. The first-order chi connectivity index (χ1) is 8.47. The maximum Gasteiger partial charge on any atom is 0.312 e. The lowest BCUT2D eigenvalue weighted by Crippen LogP contribution is -2.19. The molecule has 0 spiro atoms. The van der Waals surface area contributed by atoms with Crippen LogP contribution in [0.5, 0.6) is 5.75 Å². The number of benzene rings is 1. The molecule has 0 fully saturated rings. The van der Waals surface area contributed by atoms with Crippen LogP contribution in [0.15, 0.2) is 18.2 Å². The van der Waals surface area contributed by atoms with E-state index in [0.717, 1.165) is 0 Å². The fraction of sp³-hybridized carbons (Fsp3) is 0.500. The van der Waals surface area contributed by atoms with Crippen molar-refractivity contribution in [2.24, 2.45) is 11.8 Å². The van der Waals surface area contributed by atoms with Crippen LogP contribution in [0.25, 0.3) is 0 Å². The lowest BCUT2D eigenvalue weighted by Gasteiger charge is -2.19. The predicted molar refractivity (Wildman–Crippen MR) is 75.8 cm³/mol. The zero-order chi connectivity index (χ0) is 13.7. The van der Waals surface area contributed by atoms with Crippen molar-refractivity contribution in [1.82, 2.24) is 0 Å². The second-order valence-electron chi connectivity index (χ2n) is 4.34. The second kappa shape index (κ2) is 6.85. The van der Waals surface area contributed by atoms with E-state index in [1.165, 1.54) is 12.1 Å². The summed E-state index contributed by atoms with van der Waals surface area (Å²) in [5, 5.41) is 11.1. The van der Waals surface area contributed by atoms with Gasteiger partial charge in [0.1, 0.15) is 0 Å². The number of nitrogens with zero attached hydrogens (tertiary/aromatic N) is 1. The van der Waals surface area contributed by atoms with Crippen LogP contribution < -0.4 is 4.74 Å². The molecule has 1 atom stereocenters. The van der Waals surface area contributed by atoms with E-state index in [1.807, 2.05) is 0 Å². The van der Waals surface area contributed by atoms with Gasteiger partial charge in [0.05, 0.1) is 16.6 Å². The van der Waals surface area contributed by atoms with Crippen LogP contribution in [0.2, 0.25) is 5.02 Å². The summed E-state index contributed by atoms with van der Waals surface area (Å²) in [5.74, 6) is 1.42. The number of ether oxygens (including phenoxy) is 1. The van der Waals surface area contributed by atoms with Crippen LogP contribution in [0, 0.1) is 22.0 Å². The number of para-hydroxylation sites is 1. The van der Waals surface area contributed by atoms with E-state index in [4.69, 9.17) is 16.3 Å². The molecule has 0 aromatic heterocycles. The van der Waals surface area contributed by atoms with Gasteiger partial charge in [-0.05, 0) is 17.7 Å². The third-order valence-electron chi connectivity index (χ3n) is 2.76. The second-order valence-corrected chi connectivity index (χ2v) is 5.12. The highest BCUT2D eigenvalue weighted by Crippen LogP contribution is 2.34. The molecule has 1 aromatic carbocycles. The predicted octanol–water partition coefficient (Wildman–Crippen LogP) is 3.83. The van der Waals surface area contributed by atoms with E-state index in [1.54, 1.807) is 6.07 Å². The van der Waals surface area contributed by atoms with Crippen LogP contribution in [-0.2, 0) is 0 Å². The van der Waals surface area contributed by atoms with Crippen molar-refractivity contribution in [3.05, 3.63) is 33.3 Å². The van der Waals surface area contributed by atoms with Gasteiger partial charge in [0.2, 0.25) is 5.75 Å². The van der Waals surface area contributed by atoms with E-state index in [2.05, 4.69) is 26.5 Å². The van der Waals surface area contributed by atoms with Gasteiger partial charge < -0.3 is 4.74 Å². The van der Waals surface area contributed by atoms with Gasteiger partial charge in [0.15, 0.2) is 0 Å². The van der Waals surface area contributed by atoms with E-state index < -0.39 is 4.92 Å². The number of hydrogen-bond donors (Lipinski definition) is 1. The first kappa shape index (κ1) is 15.1. The van der Waals surface area contributed by atoms with Crippen LogP contribution in [0.4, 0.5) is 5.69 Å². The van der Waals surface area contributed by atoms with E-state index in [-0.39, 0.29) is 22.4 Å². The van der Waals surface area contributed by atoms with Crippen molar-refractivity contribution in [2.75, 3.05) is 12.4 Å². The lowest BCUT2D eigenvalue weighted by molar-refractivity contribution is -0.385. The molecule has 4 nitrogen and oxygen atoms in total. The summed E-state index contributed by atoms with van der Waals surface area (Å²) in [6.07, 6.45) is 0. The highest BCUT2D eigenvalue weighted by molar-refractivity contribution is 7.80. The van der Waals surface area contributed by atoms with Gasteiger partial charge in [0.25, 0.3) is 0 Å². The largest absolute Gasteiger partial charge is 0.485 e. The Morgan fingerprint density at radius 2 is 2.17 bits per heavy atom. The number of rotatable bonds is 6. The van der Waals surface area contributed by atoms with Crippen molar-refractivity contribution in [2.45, 2.75) is 13.8 Å². The van der Waals surface area contributed by atoms with E-state index in [9.17, 15) is 10.1 Å². The lowest BCUT2D eigenvalue weighted by atomic mass is 9.99. The van der Waals surface area contributed by atoms with Gasteiger partial charge in [-0.15, -0.1) is 0 Å². The maximum absolute atomic E-state index is 10.9. The molecule has 0 radical (unpaired) electrons. The number of thiol groups is 1. The Kier molecular flexibility index (Phi) is 5.75. The Morgan fingerprint density at radius 3 is 2.67 bits per heavy atom. The van der Waals surface area contributed by atoms with Gasteiger partial charge in [-0.3, -0.25) is 10.1 Å². The molecule has 1 unspecified atom stereocenters. The maximum atomic E-state index is 10.9. The van der Waals surface area contributed by atoms with Crippen LogP contribution in [0.3, 0.4) is 0 Å². The standard InChI is InChI=1S/C12H16ClNO3S/c1-8(2)9(7-18)6-17-12-10(13)4-3-5-11(12)14(15)16/h3-5,8-9,18H,6-7H2,1-2H3. The third kappa shape index (κ3) is 3.78. The van der Waals surface area contributed by atoms with Crippen LogP contribution in [0.1, 0.15) is 13.8 Å². The average Bonchev–Trinajstić information content (AvgIpc) is 2.30. The van der Waals surface area contributed by atoms with Crippen molar-refractivity contribution in [1.29, 1.82) is 0 Å². The minimum atomic E-state index is -0.494. The molecule has 1 aromatic rings. The molecule has 0 aliphatic carbocycles. The minimum absolute atomic E-state index is 0.107. The molecule has 0 N–H and O–H groups in total. The molecule has 100 valence electrons. The van der Waals surface area contributed by atoms with Gasteiger partial charge >= 0.3 is 5.69 Å². The highest BCUT2D eigenvalue weighted by atomic mass is 35.5. The number of nitro groups is 1. The molecule has 0 aliphatic rings. The Labute approximate surface area is 117 Å². The van der Waals surface area contributed by atoms with Crippen molar-refractivity contribution >= 4 is 29.9 Å². The average molecular weight is 290 g/mol. The Balaban J connectivity index is 2.87. The Hall–Kier alpha value is -0.940. The molecular weight excluding hydrogens is 274 g/mol. The molecule has 1 rings (SSSR count). The number of nitro benzene ring substituents is 1. The van der Waals surface area contributed by atoms with Crippen LogP contribution >= 0.6 is 24.2 Å². The fourth-order valence-electron chi connectivity index (χ4n) is 1.43.